The maximum Gasteiger partial charge on any atom is 0.416 e. The highest BCUT2D eigenvalue weighted by Crippen LogP contribution is 2.29. The first-order valence-electron chi connectivity index (χ1n) is 10.8. The molecule has 0 aliphatic carbocycles. The van der Waals surface area contributed by atoms with Gasteiger partial charge in [0.15, 0.2) is 5.82 Å². The predicted octanol–water partition coefficient (Wildman–Crippen LogP) is 4.59. The minimum atomic E-state index is -4.40. The van der Waals surface area contributed by atoms with Crippen molar-refractivity contribution in [1.29, 1.82) is 0 Å². The molecule has 1 atom stereocenters. The van der Waals surface area contributed by atoms with E-state index < -0.39 is 11.7 Å². The largest absolute Gasteiger partial charge is 0.416 e. The summed E-state index contributed by atoms with van der Waals surface area (Å²) in [7, 11) is 0. The number of nitrogens with zero attached hydrogens (tertiary/aromatic N) is 3. The highest BCUT2D eigenvalue weighted by molar-refractivity contribution is 5.79. The van der Waals surface area contributed by atoms with Crippen LogP contribution in [0.4, 0.5) is 13.2 Å². The molecule has 1 amide bonds. The molecule has 0 radical (unpaired) electrons. The van der Waals surface area contributed by atoms with Gasteiger partial charge < -0.3 is 9.84 Å². The summed E-state index contributed by atoms with van der Waals surface area (Å²) in [4.78, 5) is 19.2. The van der Waals surface area contributed by atoms with Crippen molar-refractivity contribution in [3.8, 4) is 11.5 Å². The monoisotopic (exact) mass is 458 g/mol. The van der Waals surface area contributed by atoms with E-state index in [0.29, 0.717) is 30.4 Å². The predicted molar refractivity (Wildman–Crippen MR) is 116 cm³/mol. The fraction of sp³-hybridized carbons (Fsp3) is 0.375. The highest BCUT2D eigenvalue weighted by Gasteiger charge is 2.30. The number of carbonyl (C=O) groups excluding carboxylic acids is 1. The van der Waals surface area contributed by atoms with E-state index in [1.165, 1.54) is 6.07 Å². The molecule has 0 bridgehead atoms. The van der Waals surface area contributed by atoms with Crippen molar-refractivity contribution in [2.75, 3.05) is 13.1 Å². The molecule has 0 spiro atoms. The van der Waals surface area contributed by atoms with Crippen molar-refractivity contribution >= 4 is 5.91 Å². The fourth-order valence-corrected chi connectivity index (χ4v) is 3.94. The van der Waals surface area contributed by atoms with Crippen molar-refractivity contribution in [1.82, 2.24) is 20.4 Å². The zero-order valence-corrected chi connectivity index (χ0v) is 18.2. The van der Waals surface area contributed by atoms with E-state index in [9.17, 15) is 18.0 Å². The molecule has 2 aromatic carbocycles. The van der Waals surface area contributed by atoms with E-state index in [0.717, 1.165) is 42.6 Å². The third-order valence-corrected chi connectivity index (χ3v) is 5.73. The third-order valence-electron chi connectivity index (χ3n) is 5.73. The SMILES string of the molecule is Cc1ccc(-c2nc(CN3CCC[C@@H](C(=O)NCc4cccc(C(F)(F)F)c4)C3)no2)cc1. The average molecular weight is 458 g/mol. The molecule has 33 heavy (non-hydrogen) atoms. The molecule has 1 saturated heterocycles. The number of aryl methyl sites for hydroxylation is 1. The maximum absolute atomic E-state index is 12.9. The van der Waals surface area contributed by atoms with Crippen LogP contribution in [-0.2, 0) is 24.1 Å². The molecule has 3 aromatic rings. The van der Waals surface area contributed by atoms with E-state index >= 15 is 0 Å². The third kappa shape index (κ3) is 5.98. The minimum absolute atomic E-state index is 0.0595. The number of likely N-dealkylation sites (tertiary alicyclic amines) is 1. The summed E-state index contributed by atoms with van der Waals surface area (Å²) in [6.07, 6.45) is -2.84. The van der Waals surface area contributed by atoms with E-state index in [4.69, 9.17) is 4.52 Å². The Morgan fingerprint density at radius 3 is 2.76 bits per heavy atom. The Balaban J connectivity index is 1.31. The number of rotatable bonds is 6. The number of amides is 1. The summed E-state index contributed by atoms with van der Waals surface area (Å²) in [6.45, 7) is 3.87. The van der Waals surface area contributed by atoms with E-state index in [2.05, 4.69) is 20.4 Å². The van der Waals surface area contributed by atoms with Crippen molar-refractivity contribution in [2.45, 2.75) is 39.0 Å². The molecule has 1 aliphatic rings. The molecule has 0 unspecified atom stereocenters. The smallest absolute Gasteiger partial charge is 0.352 e. The van der Waals surface area contributed by atoms with Gasteiger partial charge in [-0.2, -0.15) is 18.2 Å². The van der Waals surface area contributed by atoms with Crippen LogP contribution in [0.15, 0.2) is 53.1 Å². The summed E-state index contributed by atoms with van der Waals surface area (Å²) in [5.74, 6) is 0.603. The molecule has 1 aliphatic heterocycles. The topological polar surface area (TPSA) is 71.3 Å². The molecule has 0 saturated carbocycles. The molecule has 4 rings (SSSR count). The second-order valence-electron chi connectivity index (χ2n) is 8.37. The zero-order chi connectivity index (χ0) is 23.4. The van der Waals surface area contributed by atoms with Gasteiger partial charge in [-0.3, -0.25) is 9.69 Å². The van der Waals surface area contributed by atoms with Gasteiger partial charge in [0.2, 0.25) is 5.91 Å². The van der Waals surface area contributed by atoms with Gasteiger partial charge in [0, 0.05) is 18.7 Å². The molecular weight excluding hydrogens is 433 g/mol. The maximum atomic E-state index is 12.9. The van der Waals surface area contributed by atoms with Crippen molar-refractivity contribution in [3.63, 3.8) is 0 Å². The first kappa shape index (κ1) is 23.0. The zero-order valence-electron chi connectivity index (χ0n) is 18.2. The van der Waals surface area contributed by atoms with Crippen LogP contribution >= 0.6 is 0 Å². The molecule has 9 heteroatoms. The summed E-state index contributed by atoms with van der Waals surface area (Å²) in [6, 6.07) is 12.8. The lowest BCUT2D eigenvalue weighted by atomic mass is 9.97. The minimum Gasteiger partial charge on any atom is -0.352 e. The van der Waals surface area contributed by atoms with Crippen LogP contribution in [0.5, 0.6) is 0 Å². The summed E-state index contributed by atoms with van der Waals surface area (Å²) < 4.78 is 44.0. The van der Waals surface area contributed by atoms with Gasteiger partial charge in [-0.1, -0.05) is 35.0 Å². The van der Waals surface area contributed by atoms with E-state index in [1.54, 1.807) is 6.07 Å². The lowest BCUT2D eigenvalue weighted by Gasteiger charge is -2.31. The lowest BCUT2D eigenvalue weighted by molar-refractivity contribution is -0.137. The van der Waals surface area contributed by atoms with Crippen LogP contribution in [-0.4, -0.2) is 34.0 Å². The van der Waals surface area contributed by atoms with Gasteiger partial charge in [0.05, 0.1) is 18.0 Å². The van der Waals surface area contributed by atoms with Crippen LogP contribution in [0.2, 0.25) is 0 Å². The second kappa shape index (κ2) is 9.74. The van der Waals surface area contributed by atoms with Crippen LogP contribution < -0.4 is 5.32 Å². The Labute approximate surface area is 189 Å². The molecule has 174 valence electrons. The van der Waals surface area contributed by atoms with E-state index in [-0.39, 0.29) is 18.4 Å². The van der Waals surface area contributed by atoms with E-state index in [1.807, 2.05) is 31.2 Å². The van der Waals surface area contributed by atoms with Crippen molar-refractivity contribution in [3.05, 3.63) is 71.0 Å². The lowest BCUT2D eigenvalue weighted by Crippen LogP contribution is -2.42. The number of aromatic nitrogens is 2. The number of alkyl halides is 3. The van der Waals surface area contributed by atoms with Crippen LogP contribution in [0.1, 0.15) is 35.4 Å². The Morgan fingerprint density at radius 1 is 1.21 bits per heavy atom. The van der Waals surface area contributed by atoms with Gasteiger partial charge in [0.25, 0.3) is 5.89 Å². The van der Waals surface area contributed by atoms with Crippen LogP contribution in [0, 0.1) is 12.8 Å². The molecule has 6 nitrogen and oxygen atoms in total. The average Bonchev–Trinajstić information content (AvgIpc) is 3.26. The highest BCUT2D eigenvalue weighted by atomic mass is 19.4. The van der Waals surface area contributed by atoms with Crippen molar-refractivity contribution in [2.24, 2.45) is 5.92 Å². The fourth-order valence-electron chi connectivity index (χ4n) is 3.94. The number of hydrogen-bond donors (Lipinski definition) is 1. The van der Waals surface area contributed by atoms with Gasteiger partial charge in [-0.15, -0.1) is 0 Å². The molecule has 1 fully saturated rings. The molecule has 1 N–H and O–H groups in total. The number of carbonyl (C=O) groups is 1. The Bertz CT molecular complexity index is 1100. The number of halogens is 3. The number of piperidine rings is 1. The molecule has 1 aromatic heterocycles. The first-order chi connectivity index (χ1) is 15.8. The Hall–Kier alpha value is -3.20. The summed E-state index contributed by atoms with van der Waals surface area (Å²) in [5.41, 5.74) is 1.69. The van der Waals surface area contributed by atoms with Crippen LogP contribution in [0.25, 0.3) is 11.5 Å². The van der Waals surface area contributed by atoms with Gasteiger partial charge in [-0.25, -0.2) is 0 Å². The Kier molecular flexibility index (Phi) is 6.78. The second-order valence-corrected chi connectivity index (χ2v) is 8.37. The summed E-state index contributed by atoms with van der Waals surface area (Å²) >= 11 is 0. The number of hydrogen-bond acceptors (Lipinski definition) is 5. The van der Waals surface area contributed by atoms with Crippen LogP contribution in [0.3, 0.4) is 0 Å². The standard InChI is InChI=1S/C24H25F3N4O2/c1-16-7-9-18(10-8-16)23-29-21(30-33-23)15-31-11-3-5-19(14-31)22(32)28-13-17-4-2-6-20(12-17)24(25,26)27/h2,4,6-10,12,19H,3,5,11,13-15H2,1H3,(H,28,32)/t19-/m1/s1. The Morgan fingerprint density at radius 2 is 2.00 bits per heavy atom. The van der Waals surface area contributed by atoms with Gasteiger partial charge >= 0.3 is 6.18 Å². The van der Waals surface area contributed by atoms with Crippen molar-refractivity contribution < 1.29 is 22.5 Å². The molecule has 2 heterocycles. The first-order valence-corrected chi connectivity index (χ1v) is 10.8. The normalized spacial score (nSPS) is 17.2. The number of nitrogens with one attached hydrogen (secondary N) is 1. The van der Waals surface area contributed by atoms with Gasteiger partial charge in [-0.05, 0) is 56.1 Å². The quantitative estimate of drug-likeness (QED) is 0.585. The number of benzene rings is 2. The summed E-state index contributed by atoms with van der Waals surface area (Å²) in [5, 5.41) is 6.84. The molecular formula is C24H25F3N4O2. The van der Waals surface area contributed by atoms with Gasteiger partial charge in [0.1, 0.15) is 0 Å².